The molecule has 0 aliphatic rings. The van der Waals surface area contributed by atoms with Gasteiger partial charge < -0.3 is 11.1 Å². The summed E-state index contributed by atoms with van der Waals surface area (Å²) in [5.41, 5.74) is 7.34. The fraction of sp³-hybridized carbons (Fsp3) is 0.273. The van der Waals surface area contributed by atoms with E-state index in [0.29, 0.717) is 5.02 Å². The molecule has 1 atom stereocenters. The molecule has 0 saturated heterocycles. The van der Waals surface area contributed by atoms with Gasteiger partial charge in [0.25, 0.3) is 0 Å². The van der Waals surface area contributed by atoms with Crippen LogP contribution in [-0.2, 0) is 0 Å². The number of hydrogen-bond donors (Lipinski definition) is 2. The first-order chi connectivity index (χ1) is 7.61. The van der Waals surface area contributed by atoms with Crippen molar-refractivity contribution in [1.29, 1.82) is 0 Å². The Hall–Kier alpha value is -1.39. The van der Waals surface area contributed by atoms with E-state index in [9.17, 15) is 0 Å². The second kappa shape index (κ2) is 4.23. The van der Waals surface area contributed by atoms with Crippen molar-refractivity contribution in [2.45, 2.75) is 13.0 Å². The van der Waals surface area contributed by atoms with Gasteiger partial charge in [0.05, 0.1) is 11.2 Å². The summed E-state index contributed by atoms with van der Waals surface area (Å²) in [5, 5.41) is 4.76. The topological polar surface area (TPSA) is 63.8 Å². The van der Waals surface area contributed by atoms with Gasteiger partial charge in [-0.1, -0.05) is 11.6 Å². The fourth-order valence-corrected chi connectivity index (χ4v) is 1.78. The van der Waals surface area contributed by atoms with Gasteiger partial charge in [0.15, 0.2) is 0 Å². The first-order valence-corrected chi connectivity index (χ1v) is 5.39. The highest BCUT2D eigenvalue weighted by Gasteiger charge is 2.11. The van der Waals surface area contributed by atoms with E-state index in [0.717, 1.165) is 16.6 Å². The highest BCUT2D eigenvalue weighted by atomic mass is 35.5. The number of halogens is 1. The molecule has 1 aromatic heterocycles. The number of aromatic nitrogens is 2. The predicted octanol–water partition coefficient (Wildman–Crippen LogP) is 2.15. The van der Waals surface area contributed by atoms with E-state index in [2.05, 4.69) is 15.3 Å². The van der Waals surface area contributed by atoms with Crippen molar-refractivity contribution in [2.24, 2.45) is 0 Å². The predicted molar refractivity (Wildman–Crippen MR) is 66.4 cm³/mol. The van der Waals surface area contributed by atoms with Gasteiger partial charge in [-0.15, -0.1) is 0 Å². The molecule has 2 rings (SSSR count). The average molecular weight is 237 g/mol. The summed E-state index contributed by atoms with van der Waals surface area (Å²) in [6.45, 7) is 2.02. The van der Waals surface area contributed by atoms with E-state index in [4.69, 9.17) is 17.3 Å². The van der Waals surface area contributed by atoms with Crippen LogP contribution < -0.4 is 11.1 Å². The molecular weight excluding hydrogens is 224 g/mol. The van der Waals surface area contributed by atoms with E-state index in [-0.39, 0.29) is 12.0 Å². The third-order valence-electron chi connectivity index (χ3n) is 2.55. The summed E-state index contributed by atoms with van der Waals surface area (Å²) in [7, 11) is 1.88. The summed E-state index contributed by atoms with van der Waals surface area (Å²) in [6, 6.07) is 5.66. The van der Waals surface area contributed by atoms with Crippen LogP contribution in [-0.4, -0.2) is 17.0 Å². The van der Waals surface area contributed by atoms with E-state index in [1.165, 1.54) is 0 Å². The number of nitrogen functional groups attached to an aromatic ring is 1. The van der Waals surface area contributed by atoms with Crippen LogP contribution >= 0.6 is 11.6 Å². The monoisotopic (exact) mass is 236 g/mol. The minimum absolute atomic E-state index is 0.119. The molecule has 1 heterocycles. The van der Waals surface area contributed by atoms with Crippen LogP contribution in [0.5, 0.6) is 0 Å². The molecule has 0 saturated carbocycles. The van der Waals surface area contributed by atoms with Crippen molar-refractivity contribution in [2.75, 3.05) is 12.8 Å². The van der Waals surface area contributed by atoms with E-state index in [1.807, 2.05) is 26.1 Å². The number of hydrogen-bond acceptors (Lipinski definition) is 4. The fourth-order valence-electron chi connectivity index (χ4n) is 1.61. The minimum atomic E-state index is 0.119. The Bertz CT molecular complexity index is 521. The molecule has 2 aromatic rings. The maximum absolute atomic E-state index is 5.92. The van der Waals surface area contributed by atoms with Crippen LogP contribution in [0.15, 0.2) is 18.2 Å². The van der Waals surface area contributed by atoms with Crippen LogP contribution in [0.25, 0.3) is 10.9 Å². The van der Waals surface area contributed by atoms with Gasteiger partial charge >= 0.3 is 0 Å². The van der Waals surface area contributed by atoms with Crippen LogP contribution in [0.1, 0.15) is 18.7 Å². The standard InChI is InChI=1S/C11H13ClN4/c1-6(14-2)10-8-4-3-7(12)5-9(8)15-11(13)16-10/h3-6,14H,1-2H3,(H2,13,15,16). The Kier molecular flexibility index (Phi) is 2.94. The molecule has 0 bridgehead atoms. The molecule has 0 fully saturated rings. The van der Waals surface area contributed by atoms with Crippen LogP contribution in [0.3, 0.4) is 0 Å². The van der Waals surface area contributed by atoms with Crippen LogP contribution in [0.4, 0.5) is 5.95 Å². The zero-order valence-electron chi connectivity index (χ0n) is 9.16. The number of nitrogens with two attached hydrogens (primary N) is 1. The van der Waals surface area contributed by atoms with Crippen molar-refractivity contribution in [3.05, 3.63) is 28.9 Å². The molecule has 84 valence electrons. The number of nitrogens with one attached hydrogen (secondary N) is 1. The zero-order valence-corrected chi connectivity index (χ0v) is 9.92. The summed E-state index contributed by atoms with van der Waals surface area (Å²) >= 11 is 5.92. The molecule has 4 nitrogen and oxygen atoms in total. The molecule has 16 heavy (non-hydrogen) atoms. The van der Waals surface area contributed by atoms with Gasteiger partial charge in [0, 0.05) is 16.5 Å². The number of rotatable bonds is 2. The Balaban J connectivity index is 2.72. The molecular formula is C11H13ClN4. The lowest BCUT2D eigenvalue weighted by atomic mass is 10.1. The quantitative estimate of drug-likeness (QED) is 0.839. The van der Waals surface area contributed by atoms with Gasteiger partial charge in [0.1, 0.15) is 0 Å². The van der Waals surface area contributed by atoms with E-state index >= 15 is 0 Å². The molecule has 0 spiro atoms. The van der Waals surface area contributed by atoms with Gasteiger partial charge in [-0.25, -0.2) is 9.97 Å². The minimum Gasteiger partial charge on any atom is -0.368 e. The van der Waals surface area contributed by atoms with Crippen molar-refractivity contribution >= 4 is 28.5 Å². The molecule has 0 radical (unpaired) electrons. The second-order valence-electron chi connectivity index (χ2n) is 3.64. The molecule has 1 unspecified atom stereocenters. The Morgan fingerprint density at radius 3 is 2.81 bits per heavy atom. The van der Waals surface area contributed by atoms with Gasteiger partial charge in [-0.2, -0.15) is 0 Å². The molecule has 1 aromatic carbocycles. The third kappa shape index (κ3) is 1.94. The zero-order chi connectivity index (χ0) is 11.7. The lowest BCUT2D eigenvalue weighted by molar-refractivity contribution is 0.638. The normalized spacial score (nSPS) is 12.9. The summed E-state index contributed by atoms with van der Waals surface area (Å²) in [5.74, 6) is 0.270. The van der Waals surface area contributed by atoms with Gasteiger partial charge in [-0.3, -0.25) is 0 Å². The first kappa shape index (κ1) is 11.1. The van der Waals surface area contributed by atoms with Crippen molar-refractivity contribution in [1.82, 2.24) is 15.3 Å². The lowest BCUT2D eigenvalue weighted by Gasteiger charge is -2.12. The van der Waals surface area contributed by atoms with Gasteiger partial charge in [-0.05, 0) is 32.2 Å². The maximum atomic E-state index is 5.92. The first-order valence-electron chi connectivity index (χ1n) is 5.01. The number of benzene rings is 1. The average Bonchev–Trinajstić information content (AvgIpc) is 2.26. The maximum Gasteiger partial charge on any atom is 0.220 e. The SMILES string of the molecule is CNC(C)c1nc(N)nc2cc(Cl)ccc12. The van der Waals surface area contributed by atoms with E-state index in [1.54, 1.807) is 6.07 Å². The smallest absolute Gasteiger partial charge is 0.220 e. The summed E-state index contributed by atoms with van der Waals surface area (Å²) < 4.78 is 0. The number of fused-ring (bicyclic) bond motifs is 1. The number of nitrogens with zero attached hydrogens (tertiary/aromatic N) is 2. The second-order valence-corrected chi connectivity index (χ2v) is 4.08. The molecule has 3 N–H and O–H groups in total. The lowest BCUT2D eigenvalue weighted by Crippen LogP contribution is -2.15. The largest absolute Gasteiger partial charge is 0.368 e. The highest BCUT2D eigenvalue weighted by molar-refractivity contribution is 6.31. The van der Waals surface area contributed by atoms with Crippen molar-refractivity contribution < 1.29 is 0 Å². The van der Waals surface area contributed by atoms with E-state index < -0.39 is 0 Å². The summed E-state index contributed by atoms with van der Waals surface area (Å²) in [4.78, 5) is 8.43. The third-order valence-corrected chi connectivity index (χ3v) is 2.78. The molecule has 5 heteroatoms. The molecule has 0 amide bonds. The van der Waals surface area contributed by atoms with Crippen LogP contribution in [0, 0.1) is 0 Å². The molecule has 0 aliphatic carbocycles. The van der Waals surface area contributed by atoms with Crippen molar-refractivity contribution in [3.63, 3.8) is 0 Å². The Morgan fingerprint density at radius 2 is 2.12 bits per heavy atom. The summed E-state index contributed by atoms with van der Waals surface area (Å²) in [6.07, 6.45) is 0. The van der Waals surface area contributed by atoms with Crippen molar-refractivity contribution in [3.8, 4) is 0 Å². The molecule has 0 aliphatic heterocycles. The number of anilines is 1. The van der Waals surface area contributed by atoms with Crippen LogP contribution in [0.2, 0.25) is 5.02 Å². The Morgan fingerprint density at radius 1 is 1.38 bits per heavy atom. The highest BCUT2D eigenvalue weighted by Crippen LogP contribution is 2.24. The Labute approximate surface area is 98.8 Å². The van der Waals surface area contributed by atoms with Gasteiger partial charge in [0.2, 0.25) is 5.95 Å².